The first-order chi connectivity index (χ1) is 15.9. The fourth-order valence-electron chi connectivity index (χ4n) is 3.26. The van der Waals surface area contributed by atoms with Crippen LogP contribution in [0.2, 0.25) is 0 Å². The van der Waals surface area contributed by atoms with Gasteiger partial charge in [0.1, 0.15) is 11.5 Å². The zero-order valence-corrected chi connectivity index (χ0v) is 19.6. The highest BCUT2D eigenvalue weighted by molar-refractivity contribution is 7.99. The number of thioether (sulfide) groups is 1. The number of hydrogen-bond acceptors (Lipinski definition) is 8. The van der Waals surface area contributed by atoms with Gasteiger partial charge in [-0.05, 0) is 43.2 Å². The Hall–Kier alpha value is -3.60. The summed E-state index contributed by atoms with van der Waals surface area (Å²) in [6.45, 7) is 4.36. The number of methoxy groups -OCH3 is 2. The van der Waals surface area contributed by atoms with E-state index in [2.05, 4.69) is 15.5 Å². The topological polar surface area (TPSA) is 121 Å². The van der Waals surface area contributed by atoms with E-state index in [4.69, 9.17) is 9.47 Å². The Morgan fingerprint density at radius 1 is 1.15 bits per heavy atom. The second kappa shape index (κ2) is 10.8. The van der Waals surface area contributed by atoms with Gasteiger partial charge in [0.2, 0.25) is 5.91 Å². The van der Waals surface area contributed by atoms with Gasteiger partial charge in [0.05, 0.1) is 24.9 Å². The zero-order valence-electron chi connectivity index (χ0n) is 18.8. The number of nitro groups is 1. The van der Waals surface area contributed by atoms with E-state index in [1.165, 1.54) is 23.9 Å². The molecule has 1 amide bonds. The number of nitrogens with zero attached hydrogens (tertiary/aromatic N) is 4. The molecule has 174 valence electrons. The van der Waals surface area contributed by atoms with Gasteiger partial charge in [-0.15, -0.1) is 10.2 Å². The number of rotatable bonds is 10. The van der Waals surface area contributed by atoms with E-state index in [9.17, 15) is 14.9 Å². The average molecular weight is 472 g/mol. The third-order valence-corrected chi connectivity index (χ3v) is 5.84. The molecule has 0 atom stereocenters. The third-order valence-electron chi connectivity index (χ3n) is 4.88. The Bertz CT molecular complexity index is 1160. The maximum absolute atomic E-state index is 12.4. The second-order valence-electron chi connectivity index (χ2n) is 7.12. The van der Waals surface area contributed by atoms with Crippen LogP contribution in [0.3, 0.4) is 0 Å². The summed E-state index contributed by atoms with van der Waals surface area (Å²) in [5.74, 6) is 1.71. The van der Waals surface area contributed by atoms with Gasteiger partial charge < -0.3 is 19.4 Å². The molecule has 11 heteroatoms. The first-order valence-corrected chi connectivity index (χ1v) is 11.2. The highest BCUT2D eigenvalue weighted by Crippen LogP contribution is 2.29. The van der Waals surface area contributed by atoms with Crippen LogP contribution in [0, 0.1) is 17.0 Å². The van der Waals surface area contributed by atoms with E-state index in [1.54, 1.807) is 27.2 Å². The molecule has 0 saturated carbocycles. The third kappa shape index (κ3) is 5.80. The van der Waals surface area contributed by atoms with Crippen LogP contribution >= 0.6 is 11.8 Å². The van der Waals surface area contributed by atoms with Gasteiger partial charge in [-0.1, -0.05) is 23.9 Å². The van der Waals surface area contributed by atoms with Gasteiger partial charge >= 0.3 is 0 Å². The van der Waals surface area contributed by atoms with E-state index in [-0.39, 0.29) is 23.0 Å². The summed E-state index contributed by atoms with van der Waals surface area (Å²) in [4.78, 5) is 23.2. The number of carbonyl (C=O) groups is 1. The number of hydrogen-bond donors (Lipinski definition) is 1. The number of amides is 1. The van der Waals surface area contributed by atoms with Gasteiger partial charge in [-0.3, -0.25) is 14.9 Å². The molecular weight excluding hydrogens is 446 g/mol. The number of ether oxygens (including phenoxy) is 2. The van der Waals surface area contributed by atoms with Crippen molar-refractivity contribution in [3.05, 3.63) is 63.5 Å². The summed E-state index contributed by atoms with van der Waals surface area (Å²) < 4.78 is 12.6. The molecule has 10 nitrogen and oxygen atoms in total. The van der Waals surface area contributed by atoms with Crippen molar-refractivity contribution in [2.24, 2.45) is 0 Å². The molecule has 0 bridgehead atoms. The van der Waals surface area contributed by atoms with E-state index in [1.807, 2.05) is 29.7 Å². The standard InChI is InChI=1S/C22H25N5O5S/c1-5-26-20(12-15-7-9-18(31-3)19(11-15)32-4)24-25-22(26)33-13-21(28)23-16-8-6-14(2)10-17(16)27(29)30/h6-11H,5,12-13H2,1-4H3,(H,23,28). The Balaban J connectivity index is 1.68. The Morgan fingerprint density at radius 3 is 2.58 bits per heavy atom. The van der Waals surface area contributed by atoms with Gasteiger partial charge in [-0.25, -0.2) is 0 Å². The summed E-state index contributed by atoms with van der Waals surface area (Å²) in [6, 6.07) is 10.3. The molecule has 2 aromatic carbocycles. The lowest BCUT2D eigenvalue weighted by molar-refractivity contribution is -0.384. The Labute approximate surface area is 195 Å². The second-order valence-corrected chi connectivity index (χ2v) is 8.07. The van der Waals surface area contributed by atoms with Crippen molar-refractivity contribution in [3.8, 4) is 11.5 Å². The minimum Gasteiger partial charge on any atom is -0.493 e. The number of aromatic nitrogens is 3. The van der Waals surface area contributed by atoms with Crippen LogP contribution in [0.15, 0.2) is 41.6 Å². The predicted octanol–water partition coefficient (Wildman–Crippen LogP) is 3.85. The Morgan fingerprint density at radius 2 is 1.91 bits per heavy atom. The summed E-state index contributed by atoms with van der Waals surface area (Å²) in [5.41, 5.74) is 1.76. The van der Waals surface area contributed by atoms with Gasteiger partial charge in [0.15, 0.2) is 16.7 Å². The van der Waals surface area contributed by atoms with Crippen molar-refractivity contribution in [2.45, 2.75) is 32.0 Å². The lowest BCUT2D eigenvalue weighted by Gasteiger charge is -2.11. The van der Waals surface area contributed by atoms with Crippen molar-refractivity contribution in [1.82, 2.24) is 14.8 Å². The van der Waals surface area contributed by atoms with Crippen molar-refractivity contribution >= 4 is 29.0 Å². The summed E-state index contributed by atoms with van der Waals surface area (Å²) >= 11 is 1.22. The SMILES string of the molecule is CCn1c(Cc2ccc(OC)c(OC)c2)nnc1SCC(=O)Nc1ccc(C)cc1[N+](=O)[O-]. The van der Waals surface area contributed by atoms with Crippen molar-refractivity contribution in [2.75, 3.05) is 25.3 Å². The molecule has 0 aliphatic rings. The lowest BCUT2D eigenvalue weighted by Crippen LogP contribution is -2.16. The quantitative estimate of drug-likeness (QED) is 0.269. The molecule has 3 aromatic rings. The lowest BCUT2D eigenvalue weighted by atomic mass is 10.1. The molecule has 0 fully saturated rings. The van der Waals surface area contributed by atoms with E-state index < -0.39 is 4.92 Å². The summed E-state index contributed by atoms with van der Waals surface area (Å²) in [6.07, 6.45) is 0.531. The maximum atomic E-state index is 12.4. The number of nitro benzene ring substituents is 1. The van der Waals surface area contributed by atoms with Crippen LogP contribution in [0.25, 0.3) is 0 Å². The van der Waals surface area contributed by atoms with Crippen LogP contribution < -0.4 is 14.8 Å². The molecular formula is C22H25N5O5S. The Kier molecular flexibility index (Phi) is 7.88. The summed E-state index contributed by atoms with van der Waals surface area (Å²) in [5, 5.41) is 23.0. The van der Waals surface area contributed by atoms with E-state index in [0.717, 1.165) is 17.0 Å². The van der Waals surface area contributed by atoms with Crippen LogP contribution in [0.5, 0.6) is 11.5 Å². The van der Waals surface area contributed by atoms with Crippen molar-refractivity contribution < 1.29 is 19.2 Å². The van der Waals surface area contributed by atoms with Crippen LogP contribution in [-0.2, 0) is 17.8 Å². The van der Waals surface area contributed by atoms with Crippen LogP contribution in [0.1, 0.15) is 23.9 Å². The molecule has 0 spiro atoms. The predicted molar refractivity (Wildman–Crippen MR) is 125 cm³/mol. The number of aryl methyl sites for hydroxylation is 1. The molecule has 0 aliphatic heterocycles. The minimum atomic E-state index is -0.510. The highest BCUT2D eigenvalue weighted by atomic mass is 32.2. The molecule has 0 aliphatic carbocycles. The highest BCUT2D eigenvalue weighted by Gasteiger charge is 2.18. The molecule has 1 aromatic heterocycles. The number of benzene rings is 2. The first-order valence-electron chi connectivity index (χ1n) is 10.2. The van der Waals surface area contributed by atoms with Crippen molar-refractivity contribution in [3.63, 3.8) is 0 Å². The molecule has 33 heavy (non-hydrogen) atoms. The van der Waals surface area contributed by atoms with Crippen LogP contribution in [-0.4, -0.2) is 45.6 Å². The number of carbonyl (C=O) groups excluding carboxylic acids is 1. The molecule has 1 N–H and O–H groups in total. The number of nitrogens with one attached hydrogen (secondary N) is 1. The van der Waals surface area contributed by atoms with E-state index in [0.29, 0.717) is 29.6 Å². The minimum absolute atomic E-state index is 0.0412. The van der Waals surface area contributed by atoms with Gasteiger partial charge in [0.25, 0.3) is 5.69 Å². The van der Waals surface area contributed by atoms with Gasteiger partial charge in [0, 0.05) is 19.0 Å². The molecule has 0 saturated heterocycles. The molecule has 0 radical (unpaired) electrons. The smallest absolute Gasteiger partial charge is 0.293 e. The molecule has 1 heterocycles. The van der Waals surface area contributed by atoms with Crippen molar-refractivity contribution in [1.29, 1.82) is 0 Å². The zero-order chi connectivity index (χ0) is 24.0. The maximum Gasteiger partial charge on any atom is 0.293 e. The summed E-state index contributed by atoms with van der Waals surface area (Å²) in [7, 11) is 3.17. The monoisotopic (exact) mass is 471 g/mol. The van der Waals surface area contributed by atoms with Crippen LogP contribution in [0.4, 0.5) is 11.4 Å². The fourth-order valence-corrected chi connectivity index (χ4v) is 4.08. The fraction of sp³-hybridized carbons (Fsp3) is 0.318. The van der Waals surface area contributed by atoms with E-state index >= 15 is 0 Å². The largest absolute Gasteiger partial charge is 0.493 e. The van der Waals surface area contributed by atoms with Gasteiger partial charge in [-0.2, -0.15) is 0 Å². The normalized spacial score (nSPS) is 10.7. The first kappa shape index (κ1) is 24.1. The molecule has 3 rings (SSSR count). The number of anilines is 1. The average Bonchev–Trinajstić information content (AvgIpc) is 3.19. The molecule has 0 unspecified atom stereocenters.